The van der Waals surface area contributed by atoms with Gasteiger partial charge < -0.3 is 9.64 Å². The molecule has 0 atom stereocenters. The van der Waals surface area contributed by atoms with Crippen molar-refractivity contribution in [3.05, 3.63) is 23.2 Å². The Morgan fingerprint density at radius 1 is 1.48 bits per heavy atom. The zero-order valence-corrected chi connectivity index (χ0v) is 14.1. The number of ether oxygens (including phenoxy) is 1. The van der Waals surface area contributed by atoms with Crippen LogP contribution in [-0.2, 0) is 9.59 Å². The third-order valence-corrected chi connectivity index (χ3v) is 3.85. The van der Waals surface area contributed by atoms with Crippen molar-refractivity contribution in [1.82, 2.24) is 4.90 Å². The predicted molar refractivity (Wildman–Crippen MR) is 86.4 cm³/mol. The van der Waals surface area contributed by atoms with Gasteiger partial charge in [0.25, 0.3) is 5.91 Å². The van der Waals surface area contributed by atoms with Crippen molar-refractivity contribution in [2.24, 2.45) is 0 Å². The normalized spacial score (nSPS) is 15.4. The Kier molecular flexibility index (Phi) is 4.81. The Hall–Kier alpha value is -2.26. The number of amides is 2. The maximum absolute atomic E-state index is 12.6. The van der Waals surface area contributed by atoms with Crippen LogP contribution in [0.3, 0.4) is 0 Å². The van der Waals surface area contributed by atoms with Crippen LogP contribution in [-0.4, -0.2) is 42.5 Å². The molecule has 0 saturated carbocycles. The highest BCUT2D eigenvalue weighted by molar-refractivity contribution is 6.31. The maximum atomic E-state index is 12.6. The highest BCUT2D eigenvalue weighted by Crippen LogP contribution is 2.39. The van der Waals surface area contributed by atoms with E-state index in [1.807, 2.05) is 6.07 Å². The Morgan fingerprint density at radius 2 is 2.17 bits per heavy atom. The number of likely N-dealkylation sites (N-methyl/N-ethyl adjacent to an activating group) is 1. The molecule has 0 aromatic heterocycles. The van der Waals surface area contributed by atoms with Gasteiger partial charge in [0.2, 0.25) is 5.91 Å². The highest BCUT2D eigenvalue weighted by atomic mass is 35.5. The third kappa shape index (κ3) is 3.57. The van der Waals surface area contributed by atoms with Crippen LogP contribution in [0.2, 0.25) is 5.02 Å². The largest absolute Gasteiger partial charge is 0.476 e. The minimum absolute atomic E-state index is 0.124. The Bertz CT molecular complexity index is 682. The summed E-state index contributed by atoms with van der Waals surface area (Å²) < 4.78 is 5.71. The van der Waals surface area contributed by atoms with Crippen molar-refractivity contribution in [1.29, 1.82) is 5.26 Å². The zero-order valence-electron chi connectivity index (χ0n) is 13.3. The van der Waals surface area contributed by atoms with Crippen molar-refractivity contribution in [2.45, 2.75) is 25.9 Å². The smallest absolute Gasteiger partial charge is 0.271 e. The Morgan fingerprint density at radius 3 is 2.83 bits per heavy atom. The Labute approximate surface area is 140 Å². The van der Waals surface area contributed by atoms with Crippen LogP contribution >= 0.6 is 11.6 Å². The lowest BCUT2D eigenvalue weighted by molar-refractivity contribution is -0.136. The number of hydrogen-bond acceptors (Lipinski definition) is 4. The number of nitrogens with zero attached hydrogens (tertiary/aromatic N) is 3. The molecule has 0 saturated heterocycles. The van der Waals surface area contributed by atoms with Crippen LogP contribution in [0.25, 0.3) is 0 Å². The molecule has 1 aromatic carbocycles. The summed E-state index contributed by atoms with van der Waals surface area (Å²) >= 11 is 6.00. The minimum Gasteiger partial charge on any atom is -0.476 e. The van der Waals surface area contributed by atoms with Crippen LogP contribution in [0.4, 0.5) is 5.69 Å². The molecule has 0 spiro atoms. The van der Waals surface area contributed by atoms with Crippen LogP contribution < -0.4 is 9.64 Å². The molecule has 0 fully saturated rings. The fraction of sp³-hybridized carbons (Fsp3) is 0.438. The molecule has 7 heteroatoms. The topological polar surface area (TPSA) is 73.6 Å². The summed E-state index contributed by atoms with van der Waals surface area (Å²) in [5, 5.41) is 9.06. The summed E-state index contributed by atoms with van der Waals surface area (Å²) in [4.78, 5) is 27.8. The highest BCUT2D eigenvalue weighted by Gasteiger charge is 2.41. The van der Waals surface area contributed by atoms with Crippen LogP contribution in [0.1, 0.15) is 20.3 Å². The van der Waals surface area contributed by atoms with Gasteiger partial charge in [-0.1, -0.05) is 11.6 Å². The van der Waals surface area contributed by atoms with Gasteiger partial charge in [-0.3, -0.25) is 14.5 Å². The van der Waals surface area contributed by atoms with Gasteiger partial charge in [-0.05, 0) is 32.0 Å². The molecule has 0 unspecified atom stereocenters. The lowest BCUT2D eigenvalue weighted by Gasteiger charge is -2.39. The molecular formula is C16H18ClN3O3. The van der Waals surface area contributed by atoms with Gasteiger partial charge >= 0.3 is 0 Å². The van der Waals surface area contributed by atoms with E-state index in [-0.39, 0.29) is 24.8 Å². The molecule has 23 heavy (non-hydrogen) atoms. The van der Waals surface area contributed by atoms with Crippen molar-refractivity contribution in [3.63, 3.8) is 0 Å². The van der Waals surface area contributed by atoms with E-state index in [4.69, 9.17) is 21.6 Å². The number of hydrogen-bond donors (Lipinski definition) is 0. The second kappa shape index (κ2) is 6.47. The molecular weight excluding hydrogens is 318 g/mol. The van der Waals surface area contributed by atoms with Crippen LogP contribution in [0, 0.1) is 11.3 Å². The Balaban J connectivity index is 2.29. The second-order valence-corrected chi connectivity index (χ2v) is 6.28. The average molecular weight is 336 g/mol. The van der Waals surface area contributed by atoms with E-state index < -0.39 is 5.60 Å². The number of rotatable bonds is 4. The standard InChI is InChI=1S/C16H18ClN3O3/c1-16(2)15(22)20(10-14(21)19(3)8-4-7-18)12-9-11(17)5-6-13(12)23-16/h5-6,9H,4,8,10H2,1-3H3. The lowest BCUT2D eigenvalue weighted by Crippen LogP contribution is -2.55. The molecule has 1 heterocycles. The fourth-order valence-electron chi connectivity index (χ4n) is 2.30. The number of anilines is 1. The van der Waals surface area contributed by atoms with Crippen molar-refractivity contribution in [2.75, 3.05) is 25.0 Å². The minimum atomic E-state index is -1.06. The van der Waals surface area contributed by atoms with Gasteiger partial charge in [-0.2, -0.15) is 5.26 Å². The number of fused-ring (bicyclic) bond motifs is 1. The van der Waals surface area contributed by atoms with Crippen molar-refractivity contribution < 1.29 is 14.3 Å². The summed E-state index contributed by atoms with van der Waals surface area (Å²) in [5.74, 6) is -0.0574. The van der Waals surface area contributed by atoms with E-state index in [0.29, 0.717) is 23.0 Å². The lowest BCUT2D eigenvalue weighted by atomic mass is 10.0. The van der Waals surface area contributed by atoms with E-state index in [2.05, 4.69) is 0 Å². The first kappa shape index (κ1) is 17.1. The van der Waals surface area contributed by atoms with E-state index in [9.17, 15) is 9.59 Å². The van der Waals surface area contributed by atoms with E-state index >= 15 is 0 Å². The average Bonchev–Trinajstić information content (AvgIpc) is 2.49. The quantitative estimate of drug-likeness (QED) is 0.845. The number of carbonyl (C=O) groups excluding carboxylic acids is 2. The summed E-state index contributed by atoms with van der Waals surface area (Å²) in [6.07, 6.45) is 0.243. The molecule has 0 aliphatic carbocycles. The molecule has 6 nitrogen and oxygen atoms in total. The first-order chi connectivity index (χ1) is 10.8. The molecule has 1 aliphatic rings. The van der Waals surface area contributed by atoms with Gasteiger partial charge in [0.1, 0.15) is 12.3 Å². The van der Waals surface area contributed by atoms with Gasteiger partial charge in [0.15, 0.2) is 5.60 Å². The molecule has 0 bridgehead atoms. The monoisotopic (exact) mass is 335 g/mol. The number of nitriles is 1. The van der Waals surface area contributed by atoms with Crippen LogP contribution in [0.15, 0.2) is 18.2 Å². The molecule has 1 aliphatic heterocycles. The summed E-state index contributed by atoms with van der Waals surface area (Å²) in [6.45, 7) is 3.51. The molecule has 0 radical (unpaired) electrons. The van der Waals surface area contributed by atoms with E-state index in [0.717, 1.165) is 0 Å². The third-order valence-electron chi connectivity index (χ3n) is 3.62. The molecule has 0 N–H and O–H groups in total. The molecule has 122 valence electrons. The van der Waals surface area contributed by atoms with Gasteiger partial charge in [-0.25, -0.2) is 0 Å². The number of carbonyl (C=O) groups is 2. The fourth-order valence-corrected chi connectivity index (χ4v) is 2.46. The summed E-state index contributed by atoms with van der Waals surface area (Å²) in [6, 6.07) is 6.95. The van der Waals surface area contributed by atoms with Gasteiger partial charge in [0.05, 0.1) is 18.2 Å². The maximum Gasteiger partial charge on any atom is 0.271 e. The second-order valence-electron chi connectivity index (χ2n) is 5.84. The van der Waals surface area contributed by atoms with Crippen LogP contribution in [0.5, 0.6) is 5.75 Å². The van der Waals surface area contributed by atoms with Crippen molar-refractivity contribution >= 4 is 29.1 Å². The number of benzene rings is 1. The van der Waals surface area contributed by atoms with Crippen molar-refractivity contribution in [3.8, 4) is 11.8 Å². The van der Waals surface area contributed by atoms with Gasteiger partial charge in [0, 0.05) is 18.6 Å². The summed E-state index contributed by atoms with van der Waals surface area (Å²) in [7, 11) is 1.61. The SMILES string of the molecule is CN(CCC#N)C(=O)CN1C(=O)C(C)(C)Oc2ccc(Cl)cc21. The first-order valence-corrected chi connectivity index (χ1v) is 7.55. The van der Waals surface area contributed by atoms with Gasteiger partial charge in [-0.15, -0.1) is 0 Å². The number of halogens is 1. The van der Waals surface area contributed by atoms with E-state index in [1.165, 1.54) is 9.80 Å². The molecule has 1 aromatic rings. The molecule has 2 amide bonds. The van der Waals surface area contributed by atoms with E-state index in [1.54, 1.807) is 39.1 Å². The first-order valence-electron chi connectivity index (χ1n) is 7.17. The zero-order chi connectivity index (χ0) is 17.2. The predicted octanol–water partition coefficient (Wildman–Crippen LogP) is 2.22. The summed E-state index contributed by atoms with van der Waals surface area (Å²) in [5.41, 5.74) is -0.587. The molecule has 2 rings (SSSR count).